The summed E-state index contributed by atoms with van der Waals surface area (Å²) in [6.45, 7) is 2.81. The number of nitrogens with zero attached hydrogens (tertiary/aromatic N) is 4. The van der Waals surface area contributed by atoms with E-state index >= 15 is 0 Å². The molecule has 7 nitrogen and oxygen atoms in total. The molecule has 0 atom stereocenters. The summed E-state index contributed by atoms with van der Waals surface area (Å²) < 4.78 is 9.79. The summed E-state index contributed by atoms with van der Waals surface area (Å²) in [5, 5.41) is 7.40. The van der Waals surface area contributed by atoms with Gasteiger partial charge in [-0.1, -0.05) is 36.4 Å². The second kappa shape index (κ2) is 9.62. The van der Waals surface area contributed by atoms with Gasteiger partial charge in [-0.2, -0.15) is 5.10 Å². The van der Waals surface area contributed by atoms with Crippen molar-refractivity contribution in [3.05, 3.63) is 114 Å². The van der Waals surface area contributed by atoms with E-state index in [1.165, 1.54) is 0 Å². The zero-order valence-electron chi connectivity index (χ0n) is 18.9. The highest BCUT2D eigenvalue weighted by molar-refractivity contribution is 5.96. The number of pyridine rings is 1. The van der Waals surface area contributed by atoms with E-state index in [1.807, 2.05) is 95.4 Å². The quantitative estimate of drug-likeness (QED) is 0.380. The lowest BCUT2D eigenvalue weighted by Gasteiger charge is -2.10. The Hall–Kier alpha value is -4.39. The zero-order chi connectivity index (χ0) is 23.3. The molecule has 1 amide bonds. The maximum absolute atomic E-state index is 12.8. The number of carbonyl (C=O) groups excluding carboxylic acids is 1. The highest BCUT2D eigenvalue weighted by atomic mass is 16.5. The molecule has 5 rings (SSSR count). The Morgan fingerprint density at radius 2 is 1.82 bits per heavy atom. The SMILES string of the molecule is Cc1cccn2cc(COc3ccccc3C(=O)NCCc3cnn(-c4ccccc4)c3)nc12. The van der Waals surface area contributed by atoms with Crippen LogP contribution in [0.5, 0.6) is 5.75 Å². The van der Waals surface area contributed by atoms with Crippen molar-refractivity contribution >= 4 is 11.6 Å². The normalized spacial score (nSPS) is 11.0. The molecule has 0 bridgehead atoms. The minimum atomic E-state index is -0.170. The number of nitrogens with one attached hydrogen (secondary N) is 1. The topological polar surface area (TPSA) is 73.5 Å². The lowest BCUT2D eigenvalue weighted by Crippen LogP contribution is -2.26. The number of hydrogen-bond acceptors (Lipinski definition) is 4. The number of para-hydroxylation sites is 2. The van der Waals surface area contributed by atoms with E-state index in [4.69, 9.17) is 4.74 Å². The first-order valence-electron chi connectivity index (χ1n) is 11.2. The molecule has 0 aliphatic carbocycles. The Bertz CT molecular complexity index is 1420. The Balaban J connectivity index is 1.19. The van der Waals surface area contributed by atoms with Gasteiger partial charge in [0.2, 0.25) is 0 Å². The summed E-state index contributed by atoms with van der Waals surface area (Å²) in [5.41, 5.74) is 5.37. The Kier molecular flexibility index (Phi) is 6.07. The largest absolute Gasteiger partial charge is 0.486 e. The highest BCUT2D eigenvalue weighted by Gasteiger charge is 2.13. The van der Waals surface area contributed by atoms with E-state index in [2.05, 4.69) is 15.4 Å². The summed E-state index contributed by atoms with van der Waals surface area (Å²) in [5.74, 6) is 0.363. The van der Waals surface area contributed by atoms with E-state index in [-0.39, 0.29) is 12.5 Å². The first-order chi connectivity index (χ1) is 16.7. The summed E-state index contributed by atoms with van der Waals surface area (Å²) in [6, 6.07) is 21.2. The van der Waals surface area contributed by atoms with E-state index in [1.54, 1.807) is 12.1 Å². The average Bonchev–Trinajstić information content (AvgIpc) is 3.51. The van der Waals surface area contributed by atoms with Gasteiger partial charge in [0.1, 0.15) is 18.0 Å². The van der Waals surface area contributed by atoms with Crippen molar-refractivity contribution in [3.63, 3.8) is 0 Å². The van der Waals surface area contributed by atoms with Gasteiger partial charge in [0.05, 0.1) is 23.1 Å². The molecule has 0 aliphatic heterocycles. The first-order valence-corrected chi connectivity index (χ1v) is 11.2. The number of amides is 1. The van der Waals surface area contributed by atoms with Crippen LogP contribution in [0.2, 0.25) is 0 Å². The van der Waals surface area contributed by atoms with Crippen molar-refractivity contribution in [3.8, 4) is 11.4 Å². The number of aromatic nitrogens is 4. The molecule has 34 heavy (non-hydrogen) atoms. The van der Waals surface area contributed by atoms with Gasteiger partial charge in [0.25, 0.3) is 5.91 Å². The Labute approximate surface area is 197 Å². The average molecular weight is 452 g/mol. The van der Waals surface area contributed by atoms with Crippen molar-refractivity contribution in [2.45, 2.75) is 20.0 Å². The predicted molar refractivity (Wildman–Crippen MR) is 130 cm³/mol. The van der Waals surface area contributed by atoms with Crippen LogP contribution in [0.15, 0.2) is 91.5 Å². The fraction of sp³-hybridized carbons (Fsp3) is 0.148. The molecule has 0 saturated carbocycles. The molecule has 0 saturated heterocycles. The van der Waals surface area contributed by atoms with Crippen LogP contribution >= 0.6 is 0 Å². The van der Waals surface area contributed by atoms with Crippen LogP contribution in [0, 0.1) is 6.92 Å². The van der Waals surface area contributed by atoms with E-state index in [9.17, 15) is 4.79 Å². The Morgan fingerprint density at radius 1 is 1.00 bits per heavy atom. The third-order valence-electron chi connectivity index (χ3n) is 5.59. The molecule has 0 radical (unpaired) electrons. The third kappa shape index (κ3) is 4.68. The number of imidazole rings is 1. The van der Waals surface area contributed by atoms with Gasteiger partial charge >= 0.3 is 0 Å². The van der Waals surface area contributed by atoms with Gasteiger partial charge in [-0.3, -0.25) is 4.79 Å². The first kappa shape index (κ1) is 21.5. The second-order valence-electron chi connectivity index (χ2n) is 8.07. The second-order valence-corrected chi connectivity index (χ2v) is 8.07. The molecule has 0 aliphatic rings. The fourth-order valence-corrected chi connectivity index (χ4v) is 3.83. The predicted octanol–water partition coefficient (Wildman–Crippen LogP) is 4.38. The monoisotopic (exact) mass is 451 g/mol. The fourth-order valence-electron chi connectivity index (χ4n) is 3.83. The summed E-state index contributed by atoms with van der Waals surface area (Å²) >= 11 is 0. The number of fused-ring (bicyclic) bond motifs is 1. The van der Waals surface area contributed by atoms with Gasteiger partial charge in [0, 0.05) is 25.1 Å². The molecule has 170 valence electrons. The maximum atomic E-state index is 12.8. The smallest absolute Gasteiger partial charge is 0.255 e. The molecule has 1 N–H and O–H groups in total. The zero-order valence-corrected chi connectivity index (χ0v) is 18.9. The van der Waals surface area contributed by atoms with Crippen LogP contribution in [-0.4, -0.2) is 31.6 Å². The number of benzene rings is 2. The van der Waals surface area contributed by atoms with Gasteiger partial charge in [-0.15, -0.1) is 0 Å². The lowest BCUT2D eigenvalue weighted by atomic mass is 10.2. The van der Waals surface area contributed by atoms with Crippen LogP contribution in [0.4, 0.5) is 0 Å². The molecule has 0 unspecified atom stereocenters. The van der Waals surface area contributed by atoms with E-state index in [0.29, 0.717) is 24.3 Å². The van der Waals surface area contributed by atoms with E-state index < -0.39 is 0 Å². The minimum absolute atomic E-state index is 0.170. The number of carbonyl (C=O) groups is 1. The van der Waals surface area contributed by atoms with Gasteiger partial charge in [0.15, 0.2) is 0 Å². The molecule has 0 spiro atoms. The van der Waals surface area contributed by atoms with Crippen LogP contribution in [0.3, 0.4) is 0 Å². The van der Waals surface area contributed by atoms with Crippen molar-refractivity contribution in [1.82, 2.24) is 24.5 Å². The van der Waals surface area contributed by atoms with Crippen molar-refractivity contribution in [2.24, 2.45) is 0 Å². The Morgan fingerprint density at radius 3 is 2.68 bits per heavy atom. The molecule has 3 heterocycles. The maximum Gasteiger partial charge on any atom is 0.255 e. The third-order valence-corrected chi connectivity index (χ3v) is 5.59. The summed E-state index contributed by atoms with van der Waals surface area (Å²) in [6.07, 6.45) is 8.40. The number of rotatable bonds is 8. The number of hydrogen-bond donors (Lipinski definition) is 1. The van der Waals surface area contributed by atoms with Crippen molar-refractivity contribution in [1.29, 1.82) is 0 Å². The highest BCUT2D eigenvalue weighted by Crippen LogP contribution is 2.20. The molecule has 3 aromatic heterocycles. The standard InChI is InChI=1S/C27H25N5O2/c1-20-8-7-15-31-18-22(30-26(20)31)19-34-25-12-6-5-11-24(25)27(33)28-14-13-21-16-29-32(17-21)23-9-3-2-4-10-23/h2-12,15-18H,13-14,19H2,1H3,(H,28,33). The van der Waals surface area contributed by atoms with E-state index in [0.717, 1.165) is 28.2 Å². The molecule has 2 aromatic carbocycles. The lowest BCUT2D eigenvalue weighted by molar-refractivity contribution is 0.0949. The van der Waals surface area contributed by atoms with Gasteiger partial charge in [-0.25, -0.2) is 9.67 Å². The molecular formula is C27H25N5O2. The number of ether oxygens (including phenoxy) is 1. The van der Waals surface area contributed by atoms with Crippen LogP contribution < -0.4 is 10.1 Å². The molecule has 0 fully saturated rings. The van der Waals surface area contributed by atoms with Crippen LogP contribution in [0.25, 0.3) is 11.3 Å². The van der Waals surface area contributed by atoms with Gasteiger partial charge < -0.3 is 14.5 Å². The molecule has 7 heteroatoms. The van der Waals surface area contributed by atoms with Crippen molar-refractivity contribution < 1.29 is 9.53 Å². The van der Waals surface area contributed by atoms with Crippen molar-refractivity contribution in [2.75, 3.05) is 6.54 Å². The van der Waals surface area contributed by atoms with Gasteiger partial charge in [-0.05, 0) is 54.8 Å². The molecule has 5 aromatic rings. The van der Waals surface area contributed by atoms with Crippen LogP contribution in [-0.2, 0) is 13.0 Å². The minimum Gasteiger partial charge on any atom is -0.486 e. The number of aryl methyl sites for hydroxylation is 1. The summed E-state index contributed by atoms with van der Waals surface area (Å²) in [7, 11) is 0. The summed E-state index contributed by atoms with van der Waals surface area (Å²) in [4.78, 5) is 17.5. The molecular weight excluding hydrogens is 426 g/mol. The van der Waals surface area contributed by atoms with Crippen LogP contribution in [0.1, 0.15) is 27.2 Å².